The number of hydrogen-bond acceptors (Lipinski definition) is 3. The van der Waals surface area contributed by atoms with Gasteiger partial charge in [-0.1, -0.05) is 23.8 Å². The summed E-state index contributed by atoms with van der Waals surface area (Å²) in [5.41, 5.74) is 1.73. The molecular weight excluding hydrogens is 266 g/mol. The number of benzene rings is 2. The average molecular weight is 285 g/mol. The summed E-state index contributed by atoms with van der Waals surface area (Å²) in [7, 11) is 1.61. The van der Waals surface area contributed by atoms with E-state index in [0.29, 0.717) is 18.7 Å². The van der Waals surface area contributed by atoms with E-state index in [2.05, 4.69) is 5.32 Å². The maximum absolute atomic E-state index is 11.9. The maximum Gasteiger partial charge on any atom is 0.251 e. The Kier molecular flexibility index (Phi) is 5.21. The van der Waals surface area contributed by atoms with Crippen molar-refractivity contribution in [2.45, 2.75) is 6.92 Å². The van der Waals surface area contributed by atoms with Crippen LogP contribution in [0.2, 0.25) is 0 Å². The Labute approximate surface area is 124 Å². The van der Waals surface area contributed by atoms with Gasteiger partial charge in [0, 0.05) is 11.6 Å². The highest BCUT2D eigenvalue weighted by Gasteiger charge is 2.04. The standard InChI is InChI=1S/C17H19NO3/c1-13-5-3-6-14(11-13)17(19)18-9-10-21-16-8-4-7-15(12-16)20-2/h3-8,11-12H,9-10H2,1-2H3,(H,18,19). The molecule has 0 atom stereocenters. The van der Waals surface area contributed by atoms with E-state index in [9.17, 15) is 4.79 Å². The first kappa shape index (κ1) is 14.9. The summed E-state index contributed by atoms with van der Waals surface area (Å²) in [4.78, 5) is 11.9. The van der Waals surface area contributed by atoms with Gasteiger partial charge >= 0.3 is 0 Å². The summed E-state index contributed by atoms with van der Waals surface area (Å²) in [5.74, 6) is 1.38. The monoisotopic (exact) mass is 285 g/mol. The summed E-state index contributed by atoms with van der Waals surface area (Å²) >= 11 is 0. The van der Waals surface area contributed by atoms with Gasteiger partial charge < -0.3 is 14.8 Å². The van der Waals surface area contributed by atoms with Crippen LogP contribution in [0, 0.1) is 6.92 Å². The minimum Gasteiger partial charge on any atom is -0.497 e. The summed E-state index contributed by atoms with van der Waals surface area (Å²) in [5, 5.41) is 2.83. The second-order valence-corrected chi connectivity index (χ2v) is 4.65. The fourth-order valence-electron chi connectivity index (χ4n) is 1.91. The topological polar surface area (TPSA) is 47.6 Å². The molecule has 0 spiro atoms. The van der Waals surface area contributed by atoms with Gasteiger partial charge in [0.25, 0.3) is 5.91 Å². The van der Waals surface area contributed by atoms with Crippen molar-refractivity contribution in [2.24, 2.45) is 0 Å². The third kappa shape index (κ3) is 4.53. The van der Waals surface area contributed by atoms with Gasteiger partial charge in [0.2, 0.25) is 0 Å². The molecule has 0 bridgehead atoms. The molecule has 21 heavy (non-hydrogen) atoms. The van der Waals surface area contributed by atoms with E-state index < -0.39 is 0 Å². The molecule has 2 aromatic carbocycles. The molecule has 0 aliphatic carbocycles. The third-order valence-electron chi connectivity index (χ3n) is 2.98. The Balaban J connectivity index is 1.78. The van der Waals surface area contributed by atoms with Crippen molar-refractivity contribution < 1.29 is 14.3 Å². The smallest absolute Gasteiger partial charge is 0.251 e. The number of methoxy groups -OCH3 is 1. The first-order valence-corrected chi connectivity index (χ1v) is 6.81. The predicted octanol–water partition coefficient (Wildman–Crippen LogP) is 2.81. The van der Waals surface area contributed by atoms with Gasteiger partial charge in [-0.3, -0.25) is 4.79 Å². The van der Waals surface area contributed by atoms with Crippen LogP contribution < -0.4 is 14.8 Å². The molecule has 2 rings (SSSR count). The molecule has 0 unspecified atom stereocenters. The van der Waals surface area contributed by atoms with Crippen molar-refractivity contribution in [2.75, 3.05) is 20.3 Å². The van der Waals surface area contributed by atoms with Gasteiger partial charge in [0.05, 0.1) is 13.7 Å². The molecule has 2 aromatic rings. The highest BCUT2D eigenvalue weighted by molar-refractivity contribution is 5.94. The van der Waals surface area contributed by atoms with Crippen LogP contribution in [-0.2, 0) is 0 Å². The van der Waals surface area contributed by atoms with Crippen LogP contribution >= 0.6 is 0 Å². The van der Waals surface area contributed by atoms with E-state index in [0.717, 1.165) is 17.1 Å². The molecule has 0 fully saturated rings. The lowest BCUT2D eigenvalue weighted by Crippen LogP contribution is -2.28. The molecule has 1 N–H and O–H groups in total. The summed E-state index contributed by atoms with van der Waals surface area (Å²) < 4.78 is 10.7. The minimum atomic E-state index is -0.0899. The molecule has 0 saturated heterocycles. The Morgan fingerprint density at radius 2 is 1.86 bits per heavy atom. The molecule has 0 heterocycles. The normalized spacial score (nSPS) is 10.0. The third-order valence-corrected chi connectivity index (χ3v) is 2.98. The molecule has 0 aliphatic heterocycles. The molecule has 110 valence electrons. The number of rotatable bonds is 6. The van der Waals surface area contributed by atoms with E-state index >= 15 is 0 Å². The van der Waals surface area contributed by atoms with E-state index in [1.54, 1.807) is 13.2 Å². The van der Waals surface area contributed by atoms with Gasteiger partial charge in [-0.05, 0) is 31.2 Å². The lowest BCUT2D eigenvalue weighted by atomic mass is 10.1. The lowest BCUT2D eigenvalue weighted by Gasteiger charge is -2.09. The fraction of sp³-hybridized carbons (Fsp3) is 0.235. The fourth-order valence-corrected chi connectivity index (χ4v) is 1.91. The molecule has 0 radical (unpaired) electrons. The molecular formula is C17H19NO3. The van der Waals surface area contributed by atoms with E-state index in [-0.39, 0.29) is 5.91 Å². The van der Waals surface area contributed by atoms with E-state index in [4.69, 9.17) is 9.47 Å². The highest BCUT2D eigenvalue weighted by Crippen LogP contribution is 2.18. The van der Waals surface area contributed by atoms with Gasteiger partial charge in [0.15, 0.2) is 0 Å². The largest absolute Gasteiger partial charge is 0.497 e. The van der Waals surface area contributed by atoms with Crippen molar-refractivity contribution in [3.05, 3.63) is 59.7 Å². The number of amides is 1. The molecule has 4 nitrogen and oxygen atoms in total. The summed E-state index contributed by atoms with van der Waals surface area (Å²) in [6, 6.07) is 14.9. The maximum atomic E-state index is 11.9. The van der Waals surface area contributed by atoms with E-state index in [1.165, 1.54) is 0 Å². The first-order chi connectivity index (χ1) is 10.2. The van der Waals surface area contributed by atoms with Crippen molar-refractivity contribution in [1.29, 1.82) is 0 Å². The van der Waals surface area contributed by atoms with Gasteiger partial charge in [-0.25, -0.2) is 0 Å². The van der Waals surface area contributed by atoms with Crippen LogP contribution in [0.15, 0.2) is 48.5 Å². The zero-order valence-electron chi connectivity index (χ0n) is 12.3. The lowest BCUT2D eigenvalue weighted by molar-refractivity contribution is 0.0947. The highest BCUT2D eigenvalue weighted by atomic mass is 16.5. The van der Waals surface area contributed by atoms with Crippen LogP contribution in [0.5, 0.6) is 11.5 Å². The van der Waals surface area contributed by atoms with Crippen molar-refractivity contribution >= 4 is 5.91 Å². The molecule has 0 aliphatic rings. The quantitative estimate of drug-likeness (QED) is 0.830. The Bertz CT molecular complexity index is 610. The Hall–Kier alpha value is -2.49. The summed E-state index contributed by atoms with van der Waals surface area (Å²) in [6.45, 7) is 2.82. The van der Waals surface area contributed by atoms with Crippen LogP contribution in [0.25, 0.3) is 0 Å². The minimum absolute atomic E-state index is 0.0899. The average Bonchev–Trinajstić information content (AvgIpc) is 2.51. The zero-order chi connectivity index (χ0) is 15.1. The second-order valence-electron chi connectivity index (χ2n) is 4.65. The SMILES string of the molecule is COc1cccc(OCCNC(=O)c2cccc(C)c2)c1. The number of ether oxygens (including phenoxy) is 2. The molecule has 4 heteroatoms. The second kappa shape index (κ2) is 7.33. The van der Waals surface area contributed by atoms with Crippen LogP contribution in [0.4, 0.5) is 0 Å². The predicted molar refractivity (Wildman–Crippen MR) is 82.0 cm³/mol. The van der Waals surface area contributed by atoms with Crippen molar-refractivity contribution in [1.82, 2.24) is 5.32 Å². The zero-order valence-corrected chi connectivity index (χ0v) is 12.3. The van der Waals surface area contributed by atoms with Gasteiger partial charge in [0.1, 0.15) is 18.1 Å². The Morgan fingerprint density at radius 3 is 2.62 bits per heavy atom. The van der Waals surface area contributed by atoms with Crippen molar-refractivity contribution in [3.63, 3.8) is 0 Å². The summed E-state index contributed by atoms with van der Waals surface area (Å²) in [6.07, 6.45) is 0. The van der Waals surface area contributed by atoms with E-state index in [1.807, 2.05) is 49.4 Å². The van der Waals surface area contributed by atoms with Gasteiger partial charge in [-0.15, -0.1) is 0 Å². The number of carbonyl (C=O) groups is 1. The number of carbonyl (C=O) groups excluding carboxylic acids is 1. The number of nitrogens with one attached hydrogen (secondary N) is 1. The molecule has 0 aromatic heterocycles. The van der Waals surface area contributed by atoms with Crippen molar-refractivity contribution in [3.8, 4) is 11.5 Å². The van der Waals surface area contributed by atoms with Crippen LogP contribution in [0.1, 0.15) is 15.9 Å². The molecule has 1 amide bonds. The first-order valence-electron chi connectivity index (χ1n) is 6.81. The van der Waals surface area contributed by atoms with Crippen LogP contribution in [0.3, 0.4) is 0 Å². The molecule has 0 saturated carbocycles. The van der Waals surface area contributed by atoms with Gasteiger partial charge in [-0.2, -0.15) is 0 Å². The Morgan fingerprint density at radius 1 is 1.10 bits per heavy atom. The number of aryl methyl sites for hydroxylation is 1. The number of hydrogen-bond donors (Lipinski definition) is 1. The van der Waals surface area contributed by atoms with Crippen LogP contribution in [-0.4, -0.2) is 26.2 Å².